The smallest absolute Gasteiger partial charge is 0.263 e. The number of benzene rings is 1. The van der Waals surface area contributed by atoms with Crippen LogP contribution in [-0.2, 0) is 0 Å². The van der Waals surface area contributed by atoms with Gasteiger partial charge in [-0.3, -0.25) is 4.79 Å². The molecule has 0 radical (unpaired) electrons. The first-order valence-electron chi connectivity index (χ1n) is 6.83. The van der Waals surface area contributed by atoms with Crippen molar-refractivity contribution in [2.45, 2.75) is 6.04 Å². The maximum Gasteiger partial charge on any atom is 0.263 e. The van der Waals surface area contributed by atoms with E-state index in [9.17, 15) is 4.79 Å². The molecular formula is C16H19ClN2O2S. The molecule has 1 aromatic heterocycles. The number of nitrogens with zero attached hydrogens (tertiary/aromatic N) is 1. The van der Waals surface area contributed by atoms with E-state index in [1.807, 2.05) is 48.6 Å². The molecule has 22 heavy (non-hydrogen) atoms. The maximum absolute atomic E-state index is 12.4. The number of amides is 1. The Morgan fingerprint density at radius 3 is 2.50 bits per heavy atom. The van der Waals surface area contributed by atoms with Crippen LogP contribution in [-0.4, -0.2) is 38.6 Å². The van der Waals surface area contributed by atoms with Gasteiger partial charge in [0.2, 0.25) is 0 Å². The molecular weight excluding hydrogens is 320 g/mol. The quantitative estimate of drug-likeness (QED) is 0.877. The van der Waals surface area contributed by atoms with Gasteiger partial charge in [0.15, 0.2) is 0 Å². The van der Waals surface area contributed by atoms with Gasteiger partial charge in [-0.15, -0.1) is 11.3 Å². The van der Waals surface area contributed by atoms with Crippen molar-refractivity contribution in [3.63, 3.8) is 0 Å². The van der Waals surface area contributed by atoms with Crippen LogP contribution in [0.15, 0.2) is 35.7 Å². The first kappa shape index (κ1) is 16.8. The highest BCUT2D eigenvalue weighted by atomic mass is 35.5. The summed E-state index contributed by atoms with van der Waals surface area (Å²) in [5, 5.41) is 5.35. The number of nitrogens with one attached hydrogen (secondary N) is 1. The lowest BCUT2D eigenvalue weighted by atomic mass is 10.1. The number of hydrogen-bond acceptors (Lipinski definition) is 4. The molecule has 118 valence electrons. The van der Waals surface area contributed by atoms with Crippen LogP contribution in [0, 0.1) is 0 Å². The molecule has 0 fully saturated rings. The third kappa shape index (κ3) is 4.22. The molecule has 4 nitrogen and oxygen atoms in total. The highest BCUT2D eigenvalue weighted by Crippen LogP contribution is 2.24. The summed E-state index contributed by atoms with van der Waals surface area (Å²) >= 11 is 7.37. The zero-order valence-electron chi connectivity index (χ0n) is 12.8. The van der Waals surface area contributed by atoms with Gasteiger partial charge in [-0.25, -0.2) is 0 Å². The molecule has 0 saturated carbocycles. The zero-order chi connectivity index (χ0) is 16.1. The average Bonchev–Trinajstić information content (AvgIpc) is 2.92. The summed E-state index contributed by atoms with van der Waals surface area (Å²) in [4.78, 5) is 15.0. The number of carbonyl (C=O) groups excluding carboxylic acids is 1. The SMILES string of the molecule is COc1ccc([C@H](CN(C)C)NC(=O)c2sccc2Cl)cc1. The van der Waals surface area contributed by atoms with Gasteiger partial charge in [0.25, 0.3) is 5.91 Å². The Bertz CT molecular complexity index is 625. The van der Waals surface area contributed by atoms with E-state index in [1.165, 1.54) is 11.3 Å². The molecule has 0 aliphatic rings. The van der Waals surface area contributed by atoms with Crippen LogP contribution >= 0.6 is 22.9 Å². The van der Waals surface area contributed by atoms with Gasteiger partial charge in [-0.1, -0.05) is 23.7 Å². The van der Waals surface area contributed by atoms with E-state index in [4.69, 9.17) is 16.3 Å². The molecule has 0 aliphatic heterocycles. The van der Waals surface area contributed by atoms with Crippen molar-refractivity contribution in [3.05, 3.63) is 51.2 Å². The van der Waals surface area contributed by atoms with E-state index < -0.39 is 0 Å². The van der Waals surface area contributed by atoms with Crippen molar-refractivity contribution < 1.29 is 9.53 Å². The Kier molecular flexibility index (Phi) is 5.83. The number of rotatable bonds is 6. The van der Waals surface area contributed by atoms with E-state index in [1.54, 1.807) is 13.2 Å². The van der Waals surface area contributed by atoms with Crippen molar-refractivity contribution in [1.29, 1.82) is 0 Å². The molecule has 1 N–H and O–H groups in total. The fraction of sp³-hybridized carbons (Fsp3) is 0.312. The van der Waals surface area contributed by atoms with Gasteiger partial charge in [-0.2, -0.15) is 0 Å². The van der Waals surface area contributed by atoms with Gasteiger partial charge in [0, 0.05) is 6.54 Å². The monoisotopic (exact) mass is 338 g/mol. The first-order chi connectivity index (χ1) is 10.5. The van der Waals surface area contributed by atoms with E-state index in [2.05, 4.69) is 5.32 Å². The lowest BCUT2D eigenvalue weighted by molar-refractivity contribution is 0.0934. The highest BCUT2D eigenvalue weighted by Gasteiger charge is 2.19. The van der Waals surface area contributed by atoms with Gasteiger partial charge in [-0.05, 0) is 43.2 Å². The van der Waals surface area contributed by atoms with Crippen LogP contribution in [0.1, 0.15) is 21.3 Å². The zero-order valence-corrected chi connectivity index (χ0v) is 14.4. The van der Waals surface area contributed by atoms with Gasteiger partial charge < -0.3 is 15.0 Å². The summed E-state index contributed by atoms with van der Waals surface area (Å²) < 4.78 is 5.17. The van der Waals surface area contributed by atoms with Crippen molar-refractivity contribution in [3.8, 4) is 5.75 Å². The topological polar surface area (TPSA) is 41.6 Å². The number of hydrogen-bond donors (Lipinski definition) is 1. The summed E-state index contributed by atoms with van der Waals surface area (Å²) in [6.45, 7) is 0.695. The molecule has 1 aromatic carbocycles. The molecule has 0 spiro atoms. The molecule has 6 heteroatoms. The predicted octanol–water partition coefficient (Wildman–Crippen LogP) is 3.44. The average molecular weight is 339 g/mol. The minimum Gasteiger partial charge on any atom is -0.497 e. The van der Waals surface area contributed by atoms with Crippen molar-refractivity contribution in [2.75, 3.05) is 27.7 Å². The van der Waals surface area contributed by atoms with E-state index >= 15 is 0 Å². The van der Waals surface area contributed by atoms with Gasteiger partial charge >= 0.3 is 0 Å². The van der Waals surface area contributed by atoms with Crippen LogP contribution in [0.3, 0.4) is 0 Å². The third-order valence-corrected chi connectivity index (χ3v) is 4.53. The van der Waals surface area contributed by atoms with Gasteiger partial charge in [0.05, 0.1) is 18.2 Å². The van der Waals surface area contributed by atoms with Crippen LogP contribution in [0.4, 0.5) is 0 Å². The maximum atomic E-state index is 12.4. The molecule has 0 unspecified atom stereocenters. The summed E-state index contributed by atoms with van der Waals surface area (Å²) in [6.07, 6.45) is 0. The molecule has 2 aromatic rings. The number of likely N-dealkylation sites (N-methyl/N-ethyl adjacent to an activating group) is 1. The molecule has 2 rings (SSSR count). The molecule has 1 atom stereocenters. The van der Waals surface area contributed by atoms with E-state index in [-0.39, 0.29) is 11.9 Å². The van der Waals surface area contributed by atoms with E-state index in [0.29, 0.717) is 16.4 Å². The minimum absolute atomic E-state index is 0.119. The fourth-order valence-electron chi connectivity index (χ4n) is 2.12. The van der Waals surface area contributed by atoms with Crippen molar-refractivity contribution in [2.24, 2.45) is 0 Å². The summed E-state index contributed by atoms with van der Waals surface area (Å²) in [5.41, 5.74) is 1.02. The van der Waals surface area contributed by atoms with E-state index in [0.717, 1.165) is 11.3 Å². The largest absolute Gasteiger partial charge is 0.497 e. The Labute approximate surface area is 139 Å². The minimum atomic E-state index is -0.150. The lowest BCUT2D eigenvalue weighted by Crippen LogP contribution is -2.35. The predicted molar refractivity (Wildman–Crippen MR) is 91.1 cm³/mol. The number of halogens is 1. The number of methoxy groups -OCH3 is 1. The summed E-state index contributed by atoms with van der Waals surface area (Å²) in [6, 6.07) is 9.32. The summed E-state index contributed by atoms with van der Waals surface area (Å²) in [7, 11) is 5.58. The highest BCUT2D eigenvalue weighted by molar-refractivity contribution is 7.12. The van der Waals surface area contributed by atoms with Gasteiger partial charge in [0.1, 0.15) is 10.6 Å². The second-order valence-electron chi connectivity index (χ2n) is 5.16. The third-order valence-electron chi connectivity index (χ3n) is 3.19. The number of carbonyl (C=O) groups is 1. The molecule has 1 amide bonds. The standard InChI is InChI=1S/C16H19ClN2O2S/c1-19(2)10-14(11-4-6-12(21-3)7-5-11)18-16(20)15-13(17)8-9-22-15/h4-9,14H,10H2,1-3H3,(H,18,20)/t14-/m0/s1. The van der Waals surface area contributed by atoms with Crippen LogP contribution < -0.4 is 10.1 Å². The Morgan fingerprint density at radius 1 is 1.32 bits per heavy atom. The van der Waals surface area contributed by atoms with Crippen molar-refractivity contribution >= 4 is 28.8 Å². The summed E-state index contributed by atoms with van der Waals surface area (Å²) in [5.74, 6) is 0.641. The van der Waals surface area contributed by atoms with Crippen LogP contribution in [0.5, 0.6) is 5.75 Å². The molecule has 0 bridgehead atoms. The Morgan fingerprint density at radius 2 is 2.00 bits per heavy atom. The second-order valence-corrected chi connectivity index (χ2v) is 6.48. The van der Waals surface area contributed by atoms with Crippen molar-refractivity contribution in [1.82, 2.24) is 10.2 Å². The van der Waals surface area contributed by atoms with Crippen LogP contribution in [0.2, 0.25) is 5.02 Å². The Balaban J connectivity index is 2.18. The Hall–Kier alpha value is -1.56. The number of ether oxygens (including phenoxy) is 1. The number of thiophene rings is 1. The lowest BCUT2D eigenvalue weighted by Gasteiger charge is -2.23. The normalized spacial score (nSPS) is 12.2. The molecule has 1 heterocycles. The van der Waals surface area contributed by atoms with Crippen LogP contribution in [0.25, 0.3) is 0 Å². The fourth-order valence-corrected chi connectivity index (χ4v) is 3.16. The molecule has 0 aliphatic carbocycles. The molecule has 0 saturated heterocycles. The first-order valence-corrected chi connectivity index (χ1v) is 8.09. The second kappa shape index (κ2) is 7.63.